The van der Waals surface area contributed by atoms with Crippen molar-refractivity contribution < 1.29 is 0 Å². The summed E-state index contributed by atoms with van der Waals surface area (Å²) < 4.78 is 0. The molecule has 0 aliphatic rings. The van der Waals surface area contributed by atoms with E-state index in [4.69, 9.17) is 0 Å². The summed E-state index contributed by atoms with van der Waals surface area (Å²) in [7, 11) is 0. The molecular formula is C11H25Ge. The first-order valence-corrected chi connectivity index (χ1v) is 11.2. The Balaban J connectivity index is 2.82. The molecule has 0 aromatic carbocycles. The SMILES string of the molecule is CCCCCCCC[CH2][Ge]([CH3])[CH3]. The van der Waals surface area contributed by atoms with Crippen LogP contribution in [-0.2, 0) is 0 Å². The van der Waals surface area contributed by atoms with E-state index in [1.807, 2.05) is 0 Å². The monoisotopic (exact) mass is 231 g/mol. The number of hydrogen-bond donors (Lipinski definition) is 0. The van der Waals surface area contributed by atoms with E-state index in [-0.39, 0.29) is 0 Å². The summed E-state index contributed by atoms with van der Waals surface area (Å²) in [6, 6.07) is 0. The van der Waals surface area contributed by atoms with Crippen LogP contribution in [0.2, 0.25) is 16.8 Å². The molecule has 0 amide bonds. The van der Waals surface area contributed by atoms with Crippen LogP contribution in [0, 0.1) is 0 Å². The normalized spacial score (nSPS) is 11.0. The average molecular weight is 230 g/mol. The summed E-state index contributed by atoms with van der Waals surface area (Å²) in [5.41, 5.74) is 0. The second-order valence-electron chi connectivity index (χ2n) is 4.08. The number of rotatable bonds is 8. The first-order valence-electron chi connectivity index (χ1n) is 5.56. The molecule has 0 aliphatic carbocycles. The summed E-state index contributed by atoms with van der Waals surface area (Å²) in [5, 5.41) is 1.59. The van der Waals surface area contributed by atoms with Crippen molar-refractivity contribution in [2.45, 2.75) is 68.6 Å². The van der Waals surface area contributed by atoms with Crippen LogP contribution >= 0.6 is 0 Å². The van der Waals surface area contributed by atoms with Gasteiger partial charge in [0.25, 0.3) is 0 Å². The standard InChI is InChI=1S/C11H25Ge/c1-4-5-6-7-8-9-10-11-12(2)3/h4-11H2,1-3H3. The molecule has 0 N–H and O–H groups in total. The van der Waals surface area contributed by atoms with E-state index in [2.05, 4.69) is 18.4 Å². The fraction of sp³-hybridized carbons (Fsp3) is 1.00. The van der Waals surface area contributed by atoms with Gasteiger partial charge in [-0.05, 0) is 0 Å². The third-order valence-electron chi connectivity index (χ3n) is 2.28. The molecule has 0 unspecified atom stereocenters. The zero-order valence-corrected chi connectivity index (χ0v) is 11.3. The van der Waals surface area contributed by atoms with Crippen molar-refractivity contribution in [1.29, 1.82) is 0 Å². The maximum absolute atomic E-state index is 2.48. The fourth-order valence-corrected chi connectivity index (χ4v) is 3.44. The topological polar surface area (TPSA) is 0 Å². The predicted molar refractivity (Wildman–Crippen MR) is 60.3 cm³/mol. The van der Waals surface area contributed by atoms with Crippen LogP contribution in [0.4, 0.5) is 0 Å². The van der Waals surface area contributed by atoms with Crippen LogP contribution in [0.1, 0.15) is 51.9 Å². The van der Waals surface area contributed by atoms with E-state index in [1.54, 1.807) is 5.25 Å². The van der Waals surface area contributed by atoms with Crippen LogP contribution in [0.25, 0.3) is 0 Å². The van der Waals surface area contributed by atoms with Gasteiger partial charge in [0, 0.05) is 0 Å². The van der Waals surface area contributed by atoms with Gasteiger partial charge in [-0.15, -0.1) is 0 Å². The molecule has 0 atom stereocenters. The molecule has 0 spiro atoms. The molecule has 0 bridgehead atoms. The Morgan fingerprint density at radius 3 is 1.75 bits per heavy atom. The van der Waals surface area contributed by atoms with E-state index in [0.29, 0.717) is 0 Å². The molecule has 0 heterocycles. The van der Waals surface area contributed by atoms with Gasteiger partial charge >= 0.3 is 83.0 Å². The summed E-state index contributed by atoms with van der Waals surface area (Å²) in [5.74, 6) is 4.97. The Hall–Kier alpha value is 0.543. The van der Waals surface area contributed by atoms with Crippen LogP contribution in [-0.4, -0.2) is 14.3 Å². The van der Waals surface area contributed by atoms with Gasteiger partial charge in [0.2, 0.25) is 0 Å². The molecule has 73 valence electrons. The van der Waals surface area contributed by atoms with Crippen LogP contribution in [0.3, 0.4) is 0 Å². The third kappa shape index (κ3) is 10.5. The molecule has 1 radical (unpaired) electrons. The van der Waals surface area contributed by atoms with Crippen LogP contribution < -0.4 is 0 Å². The number of hydrogen-bond acceptors (Lipinski definition) is 0. The van der Waals surface area contributed by atoms with E-state index >= 15 is 0 Å². The first-order chi connectivity index (χ1) is 5.77. The van der Waals surface area contributed by atoms with Crippen molar-refractivity contribution in [3.63, 3.8) is 0 Å². The molecular weight excluding hydrogens is 205 g/mol. The average Bonchev–Trinajstić information content (AvgIpc) is 2.02. The van der Waals surface area contributed by atoms with Crippen molar-refractivity contribution >= 4 is 14.3 Å². The Morgan fingerprint density at radius 2 is 1.25 bits per heavy atom. The Bertz CT molecular complexity index is 79.1. The van der Waals surface area contributed by atoms with Crippen molar-refractivity contribution in [2.75, 3.05) is 0 Å². The second-order valence-corrected chi connectivity index (χ2v) is 10.2. The van der Waals surface area contributed by atoms with E-state index in [9.17, 15) is 0 Å². The molecule has 0 aliphatic heterocycles. The molecule has 0 saturated heterocycles. The van der Waals surface area contributed by atoms with E-state index < -0.39 is 14.3 Å². The van der Waals surface area contributed by atoms with E-state index in [1.165, 1.54) is 44.9 Å². The molecule has 0 fully saturated rings. The molecule has 12 heavy (non-hydrogen) atoms. The van der Waals surface area contributed by atoms with Crippen molar-refractivity contribution in [3.05, 3.63) is 0 Å². The van der Waals surface area contributed by atoms with Crippen molar-refractivity contribution in [2.24, 2.45) is 0 Å². The van der Waals surface area contributed by atoms with Gasteiger partial charge in [0.1, 0.15) is 0 Å². The van der Waals surface area contributed by atoms with Gasteiger partial charge < -0.3 is 0 Å². The van der Waals surface area contributed by atoms with Gasteiger partial charge in [0.05, 0.1) is 0 Å². The van der Waals surface area contributed by atoms with Gasteiger partial charge in [-0.2, -0.15) is 0 Å². The van der Waals surface area contributed by atoms with Gasteiger partial charge in [0.15, 0.2) is 0 Å². The molecule has 0 aromatic heterocycles. The summed E-state index contributed by atoms with van der Waals surface area (Å²) in [6.45, 7) is 2.28. The zero-order chi connectivity index (χ0) is 9.23. The number of unbranched alkanes of at least 4 members (excludes halogenated alkanes) is 6. The third-order valence-corrected chi connectivity index (χ3v) is 5.12. The van der Waals surface area contributed by atoms with Gasteiger partial charge in [-0.1, -0.05) is 0 Å². The molecule has 0 aromatic rings. The summed E-state index contributed by atoms with van der Waals surface area (Å²) >= 11 is -0.463. The Labute approximate surface area is 83.2 Å². The van der Waals surface area contributed by atoms with Crippen LogP contribution in [0.15, 0.2) is 0 Å². The van der Waals surface area contributed by atoms with E-state index in [0.717, 1.165) is 0 Å². The molecule has 1 heteroatoms. The second kappa shape index (κ2) is 9.63. The molecule has 0 saturated carbocycles. The quantitative estimate of drug-likeness (QED) is 0.425. The summed E-state index contributed by atoms with van der Waals surface area (Å²) in [4.78, 5) is 0. The zero-order valence-electron chi connectivity index (χ0n) is 9.16. The first kappa shape index (κ1) is 12.5. The maximum atomic E-state index is 2.48. The minimum absolute atomic E-state index is 0.463. The minimum atomic E-state index is -0.463. The Morgan fingerprint density at radius 1 is 0.750 bits per heavy atom. The fourth-order valence-electron chi connectivity index (χ4n) is 1.44. The van der Waals surface area contributed by atoms with Crippen LogP contribution in [0.5, 0.6) is 0 Å². The predicted octanol–water partition coefficient (Wildman–Crippen LogP) is 4.49. The van der Waals surface area contributed by atoms with Gasteiger partial charge in [-0.3, -0.25) is 0 Å². The Kier molecular flexibility index (Phi) is 10.1. The van der Waals surface area contributed by atoms with Gasteiger partial charge in [-0.25, -0.2) is 0 Å². The van der Waals surface area contributed by atoms with Crippen molar-refractivity contribution in [1.82, 2.24) is 0 Å². The molecule has 0 rings (SSSR count). The van der Waals surface area contributed by atoms with Crippen molar-refractivity contribution in [3.8, 4) is 0 Å². The molecule has 0 nitrogen and oxygen atoms in total. The summed E-state index contributed by atoms with van der Waals surface area (Å²) in [6.07, 6.45) is 10.3.